The lowest BCUT2D eigenvalue weighted by Crippen LogP contribution is -2.50. The summed E-state index contributed by atoms with van der Waals surface area (Å²) in [4.78, 5) is 18.3. The van der Waals surface area contributed by atoms with Crippen LogP contribution in [-0.4, -0.2) is 54.7 Å². The van der Waals surface area contributed by atoms with E-state index in [0.717, 1.165) is 16.3 Å². The number of piperazine rings is 1. The van der Waals surface area contributed by atoms with Crippen LogP contribution in [0.15, 0.2) is 71.9 Å². The molecule has 1 aliphatic heterocycles. The fourth-order valence-corrected chi connectivity index (χ4v) is 5.04. The van der Waals surface area contributed by atoms with E-state index in [2.05, 4.69) is 4.98 Å². The average Bonchev–Trinajstić information content (AvgIpc) is 2.77. The first-order chi connectivity index (χ1) is 14.4. The molecule has 2 aromatic carbocycles. The highest BCUT2D eigenvalue weighted by molar-refractivity contribution is 7.89. The van der Waals surface area contributed by atoms with Gasteiger partial charge in [0.1, 0.15) is 0 Å². The molecule has 4 rings (SSSR count). The van der Waals surface area contributed by atoms with Crippen LogP contribution in [0, 0.1) is 0 Å². The molecule has 1 aliphatic rings. The van der Waals surface area contributed by atoms with Gasteiger partial charge in [0.2, 0.25) is 15.9 Å². The molecule has 0 atom stereocenters. The molecule has 0 radical (unpaired) electrons. The summed E-state index contributed by atoms with van der Waals surface area (Å²) >= 11 is 6.00. The largest absolute Gasteiger partial charge is 0.337 e. The summed E-state index contributed by atoms with van der Waals surface area (Å²) in [6.45, 7) is 1.22. The van der Waals surface area contributed by atoms with E-state index in [0.29, 0.717) is 18.1 Å². The number of amides is 1. The molecular weight excluding hydrogens is 457 g/mol. The van der Waals surface area contributed by atoms with Crippen molar-refractivity contribution in [3.05, 3.63) is 77.6 Å². The van der Waals surface area contributed by atoms with Gasteiger partial charge in [-0.3, -0.25) is 9.78 Å². The lowest BCUT2D eigenvalue weighted by molar-refractivity contribution is -0.127. The molecule has 0 bridgehead atoms. The van der Waals surface area contributed by atoms with E-state index >= 15 is 0 Å². The maximum Gasteiger partial charge on any atom is 0.246 e. The molecule has 1 amide bonds. The number of fused-ring (bicyclic) bond motifs is 1. The molecular formula is C22H21Cl2N3O3S. The fourth-order valence-electron chi connectivity index (χ4n) is 3.40. The maximum atomic E-state index is 13.1. The highest BCUT2D eigenvalue weighted by Crippen LogP contribution is 2.25. The number of carbonyl (C=O) groups is 1. The van der Waals surface area contributed by atoms with Crippen molar-refractivity contribution in [3.8, 4) is 0 Å². The van der Waals surface area contributed by atoms with Crippen molar-refractivity contribution in [1.29, 1.82) is 0 Å². The Hall–Kier alpha value is -2.45. The first kappa shape index (κ1) is 23.2. The lowest BCUT2D eigenvalue weighted by Gasteiger charge is -2.33. The van der Waals surface area contributed by atoms with Gasteiger partial charge in [-0.2, -0.15) is 4.31 Å². The van der Waals surface area contributed by atoms with Crippen LogP contribution in [-0.2, 0) is 14.8 Å². The monoisotopic (exact) mass is 477 g/mol. The van der Waals surface area contributed by atoms with Gasteiger partial charge in [0.15, 0.2) is 0 Å². The van der Waals surface area contributed by atoms with Crippen molar-refractivity contribution in [2.75, 3.05) is 26.2 Å². The first-order valence-corrected chi connectivity index (χ1v) is 11.3. The third-order valence-corrected chi connectivity index (χ3v) is 7.22. The summed E-state index contributed by atoms with van der Waals surface area (Å²) < 4.78 is 27.6. The summed E-state index contributed by atoms with van der Waals surface area (Å²) in [5, 5.41) is 2.31. The van der Waals surface area contributed by atoms with E-state index in [1.54, 1.807) is 53.7 Å². The Morgan fingerprint density at radius 2 is 1.58 bits per heavy atom. The standard InChI is InChI=1S/C22H20ClN3O3S.ClH/c23-20-4-2-19-16-21(5-3-18(19)15-20)30(28,29)26-13-11-25(12-14-26)22(27)6-1-17-7-9-24-10-8-17;/h1-10,15-16H,11-14H2;1H/b6-1+;. The zero-order valence-corrected chi connectivity index (χ0v) is 18.9. The number of hydrogen-bond acceptors (Lipinski definition) is 4. The number of halogens is 2. The van der Waals surface area contributed by atoms with Gasteiger partial charge in [-0.15, -0.1) is 12.4 Å². The molecule has 0 spiro atoms. The molecule has 0 saturated carbocycles. The number of sulfonamides is 1. The maximum absolute atomic E-state index is 13.1. The molecule has 1 fully saturated rings. The van der Waals surface area contributed by atoms with Crippen LogP contribution in [0.2, 0.25) is 5.02 Å². The first-order valence-electron chi connectivity index (χ1n) is 9.50. The van der Waals surface area contributed by atoms with Gasteiger partial charge in [0.05, 0.1) is 4.90 Å². The van der Waals surface area contributed by atoms with E-state index < -0.39 is 10.0 Å². The molecule has 0 unspecified atom stereocenters. The Kier molecular flexibility index (Phi) is 7.33. The number of aromatic nitrogens is 1. The number of nitrogens with zero attached hydrogens (tertiary/aromatic N) is 3. The number of benzene rings is 2. The van der Waals surface area contributed by atoms with E-state index in [1.165, 1.54) is 10.4 Å². The molecule has 1 aromatic heterocycles. The normalized spacial score (nSPS) is 15.2. The molecule has 9 heteroatoms. The Bertz CT molecular complexity index is 1210. The predicted octanol–water partition coefficient (Wildman–Crippen LogP) is 3.86. The summed E-state index contributed by atoms with van der Waals surface area (Å²) in [6, 6.07) is 14.0. The Morgan fingerprint density at radius 1 is 0.935 bits per heavy atom. The van der Waals surface area contributed by atoms with Gasteiger partial charge in [0.25, 0.3) is 0 Å². The lowest BCUT2D eigenvalue weighted by atomic mass is 10.1. The van der Waals surface area contributed by atoms with Gasteiger partial charge < -0.3 is 4.90 Å². The Balaban J connectivity index is 0.00000272. The number of hydrogen-bond donors (Lipinski definition) is 0. The quantitative estimate of drug-likeness (QED) is 0.534. The summed E-state index contributed by atoms with van der Waals surface area (Å²) in [5.74, 6) is -0.133. The van der Waals surface area contributed by atoms with Gasteiger partial charge >= 0.3 is 0 Å². The van der Waals surface area contributed by atoms with Crippen LogP contribution in [0.5, 0.6) is 0 Å². The summed E-state index contributed by atoms with van der Waals surface area (Å²) in [6.07, 6.45) is 6.56. The molecule has 3 aromatic rings. The number of rotatable bonds is 4. The van der Waals surface area contributed by atoms with Crippen molar-refractivity contribution < 1.29 is 13.2 Å². The highest BCUT2D eigenvalue weighted by atomic mass is 35.5. The van der Waals surface area contributed by atoms with Crippen molar-refractivity contribution >= 4 is 56.8 Å². The minimum atomic E-state index is -3.63. The SMILES string of the molecule is Cl.O=C(/C=C/c1ccncc1)N1CCN(S(=O)(=O)c2ccc3cc(Cl)ccc3c2)CC1. The molecule has 2 heterocycles. The van der Waals surface area contributed by atoms with Crippen LogP contribution in [0.25, 0.3) is 16.8 Å². The molecule has 0 N–H and O–H groups in total. The topological polar surface area (TPSA) is 70.6 Å². The number of pyridine rings is 1. The van der Waals surface area contributed by atoms with Crippen LogP contribution in [0.1, 0.15) is 5.56 Å². The van der Waals surface area contributed by atoms with Gasteiger partial charge in [-0.25, -0.2) is 8.42 Å². The van der Waals surface area contributed by atoms with Crippen molar-refractivity contribution in [2.45, 2.75) is 4.90 Å². The van der Waals surface area contributed by atoms with Crippen molar-refractivity contribution in [2.24, 2.45) is 0 Å². The van der Waals surface area contributed by atoms with Gasteiger partial charge in [0, 0.05) is 49.7 Å². The highest BCUT2D eigenvalue weighted by Gasteiger charge is 2.29. The number of carbonyl (C=O) groups excluding carboxylic acids is 1. The molecule has 6 nitrogen and oxygen atoms in total. The van der Waals surface area contributed by atoms with Crippen LogP contribution >= 0.6 is 24.0 Å². The van der Waals surface area contributed by atoms with Crippen LogP contribution in [0.3, 0.4) is 0 Å². The average molecular weight is 478 g/mol. The predicted molar refractivity (Wildman–Crippen MR) is 125 cm³/mol. The Labute approximate surface area is 192 Å². The second kappa shape index (κ2) is 9.78. The molecule has 162 valence electrons. The van der Waals surface area contributed by atoms with Crippen molar-refractivity contribution in [1.82, 2.24) is 14.2 Å². The third kappa shape index (κ3) is 5.25. The van der Waals surface area contributed by atoms with Crippen LogP contribution < -0.4 is 0 Å². The fraction of sp³-hybridized carbons (Fsp3) is 0.182. The van der Waals surface area contributed by atoms with E-state index in [-0.39, 0.29) is 36.3 Å². The Morgan fingerprint density at radius 3 is 2.29 bits per heavy atom. The third-order valence-electron chi connectivity index (χ3n) is 5.09. The second-order valence-corrected chi connectivity index (χ2v) is 9.37. The van der Waals surface area contributed by atoms with E-state index in [9.17, 15) is 13.2 Å². The van der Waals surface area contributed by atoms with Gasteiger partial charge in [-0.05, 0) is 58.8 Å². The second-order valence-electron chi connectivity index (χ2n) is 7.00. The smallest absolute Gasteiger partial charge is 0.246 e. The summed E-state index contributed by atoms with van der Waals surface area (Å²) in [7, 11) is -3.63. The minimum Gasteiger partial charge on any atom is -0.337 e. The van der Waals surface area contributed by atoms with Gasteiger partial charge in [-0.1, -0.05) is 23.7 Å². The summed E-state index contributed by atoms with van der Waals surface area (Å²) in [5.41, 5.74) is 0.886. The van der Waals surface area contributed by atoms with Crippen molar-refractivity contribution in [3.63, 3.8) is 0 Å². The molecule has 1 saturated heterocycles. The minimum absolute atomic E-state index is 0. The molecule has 0 aliphatic carbocycles. The zero-order chi connectivity index (χ0) is 21.1. The van der Waals surface area contributed by atoms with E-state index in [1.807, 2.05) is 18.2 Å². The van der Waals surface area contributed by atoms with E-state index in [4.69, 9.17) is 11.6 Å². The van der Waals surface area contributed by atoms with Crippen LogP contribution in [0.4, 0.5) is 0 Å². The molecule has 31 heavy (non-hydrogen) atoms. The zero-order valence-electron chi connectivity index (χ0n) is 16.5.